The molecule has 224 valence electrons. The number of piperidine rings is 1. The predicted molar refractivity (Wildman–Crippen MR) is 166 cm³/mol. The second-order valence-corrected chi connectivity index (χ2v) is 13.3. The highest BCUT2D eigenvalue weighted by Crippen LogP contribution is 2.47. The van der Waals surface area contributed by atoms with Crippen molar-refractivity contribution < 1.29 is 14.0 Å². The van der Waals surface area contributed by atoms with Crippen molar-refractivity contribution in [1.82, 2.24) is 20.2 Å². The minimum absolute atomic E-state index is 0.0417. The number of rotatable bonds is 8. The third-order valence-electron chi connectivity index (χ3n) is 8.89. The van der Waals surface area contributed by atoms with Gasteiger partial charge in [0.2, 0.25) is 5.95 Å². The molecule has 2 atom stereocenters. The molecule has 1 aromatic heterocycles. The molecule has 2 aromatic carbocycles. The molecular weight excluding hydrogens is 578 g/mol. The average Bonchev–Trinajstić information content (AvgIpc) is 3.44. The molecule has 3 N–H and O–H groups in total. The molecule has 0 bridgehead atoms. The Morgan fingerprint density at radius 2 is 1.81 bits per heavy atom. The molecule has 2 saturated carbocycles. The lowest BCUT2D eigenvalue weighted by atomic mass is 9.95. The van der Waals surface area contributed by atoms with E-state index in [1.165, 1.54) is 26.7 Å². The second kappa shape index (κ2) is 11.2. The topological polar surface area (TPSA) is 91.3 Å². The zero-order chi connectivity index (χ0) is 29.8. The number of aromatic nitrogens is 2. The van der Waals surface area contributed by atoms with Gasteiger partial charge in [0.25, 0.3) is 11.8 Å². The van der Waals surface area contributed by atoms with Crippen LogP contribution in [-0.4, -0.2) is 46.2 Å². The van der Waals surface area contributed by atoms with Gasteiger partial charge >= 0.3 is 0 Å². The number of nitrogens with one attached hydrogen (secondary N) is 3. The summed E-state index contributed by atoms with van der Waals surface area (Å²) in [5.41, 5.74) is 2.17. The number of carbonyl (C=O) groups is 2. The van der Waals surface area contributed by atoms with Crippen LogP contribution in [0.1, 0.15) is 68.3 Å². The smallest absolute Gasteiger partial charge is 0.257 e. The molecule has 0 spiro atoms. The van der Waals surface area contributed by atoms with E-state index in [2.05, 4.69) is 26.9 Å². The van der Waals surface area contributed by atoms with Crippen LogP contribution >= 0.6 is 23.2 Å². The fourth-order valence-corrected chi connectivity index (χ4v) is 6.76. The number of aryl methyl sites for hydroxylation is 1. The highest BCUT2D eigenvalue weighted by molar-refractivity contribution is 6.39. The quantitative estimate of drug-likeness (QED) is 0.269. The van der Waals surface area contributed by atoms with Gasteiger partial charge in [-0.05, 0) is 68.7 Å². The Balaban J connectivity index is 1.31. The summed E-state index contributed by atoms with van der Waals surface area (Å²) >= 11 is 13.2. The zero-order valence-electron chi connectivity index (χ0n) is 24.2. The number of carbonyl (C=O) groups excluding carboxylic acids is 2. The van der Waals surface area contributed by atoms with E-state index in [9.17, 15) is 14.0 Å². The van der Waals surface area contributed by atoms with E-state index in [4.69, 9.17) is 28.2 Å². The third-order valence-corrected chi connectivity index (χ3v) is 9.64. The molecular formula is C31H37Cl2FN6O2. The van der Waals surface area contributed by atoms with Crippen LogP contribution < -0.4 is 20.9 Å². The maximum atomic E-state index is 14.0. The second-order valence-electron chi connectivity index (χ2n) is 12.5. The van der Waals surface area contributed by atoms with Crippen molar-refractivity contribution in [2.24, 2.45) is 18.9 Å². The molecule has 2 amide bonds. The third kappa shape index (κ3) is 5.78. The highest BCUT2D eigenvalue weighted by Gasteiger charge is 2.46. The Morgan fingerprint density at radius 3 is 2.50 bits per heavy atom. The van der Waals surface area contributed by atoms with Crippen molar-refractivity contribution in [2.45, 2.75) is 70.6 Å². The first-order valence-corrected chi connectivity index (χ1v) is 15.5. The fourth-order valence-electron chi connectivity index (χ4n) is 6.23. The molecule has 3 fully saturated rings. The van der Waals surface area contributed by atoms with E-state index >= 15 is 0 Å². The number of alkyl halides is 1. The van der Waals surface area contributed by atoms with E-state index in [1.54, 1.807) is 12.1 Å². The number of fused-ring (bicyclic) bond motifs is 2. The summed E-state index contributed by atoms with van der Waals surface area (Å²) in [6.45, 7) is 4.38. The maximum Gasteiger partial charge on any atom is 0.257 e. The van der Waals surface area contributed by atoms with Gasteiger partial charge in [0.05, 0.1) is 38.0 Å². The molecule has 2 aliphatic carbocycles. The van der Waals surface area contributed by atoms with Crippen LogP contribution in [0.15, 0.2) is 24.3 Å². The van der Waals surface area contributed by atoms with Gasteiger partial charge in [0, 0.05) is 32.7 Å². The summed E-state index contributed by atoms with van der Waals surface area (Å²) in [4.78, 5) is 32.9. The molecule has 2 heterocycles. The Bertz CT molecular complexity index is 1530. The van der Waals surface area contributed by atoms with E-state index in [0.29, 0.717) is 38.3 Å². The van der Waals surface area contributed by atoms with Crippen LogP contribution in [0.25, 0.3) is 11.0 Å². The van der Waals surface area contributed by atoms with Gasteiger partial charge in [-0.2, -0.15) is 0 Å². The monoisotopic (exact) mass is 614 g/mol. The number of amides is 2. The van der Waals surface area contributed by atoms with Crippen molar-refractivity contribution in [1.29, 1.82) is 0 Å². The van der Waals surface area contributed by atoms with Crippen molar-refractivity contribution in [2.75, 3.05) is 23.3 Å². The van der Waals surface area contributed by atoms with E-state index in [1.807, 2.05) is 17.7 Å². The summed E-state index contributed by atoms with van der Waals surface area (Å²) in [5, 5.41) is 9.80. The lowest BCUT2D eigenvalue weighted by Crippen LogP contribution is -2.38. The highest BCUT2D eigenvalue weighted by atomic mass is 35.5. The van der Waals surface area contributed by atoms with E-state index < -0.39 is 11.6 Å². The Labute approximate surface area is 255 Å². The molecule has 3 aliphatic rings. The SMILES string of the molecule is Cn1c(Nc2c(Cl)ccc(CNC(=O)C(C)(C)F)c2Cl)nc2cc(C(=O)NC3CCCCC3)c(N3CC4CC4C3)cc21. The number of imidazole rings is 1. The maximum absolute atomic E-state index is 14.0. The molecule has 2 unspecified atom stereocenters. The summed E-state index contributed by atoms with van der Waals surface area (Å²) in [6.07, 6.45) is 6.83. The molecule has 8 nitrogen and oxygen atoms in total. The Hall–Kier alpha value is -3.04. The van der Waals surface area contributed by atoms with Crippen molar-refractivity contribution >= 4 is 63.4 Å². The Morgan fingerprint density at radius 1 is 1.10 bits per heavy atom. The van der Waals surface area contributed by atoms with Crippen molar-refractivity contribution in [3.63, 3.8) is 0 Å². The molecule has 6 rings (SSSR count). The molecule has 1 aliphatic heterocycles. The number of anilines is 3. The summed E-state index contributed by atoms with van der Waals surface area (Å²) < 4.78 is 15.9. The number of nitrogens with zero attached hydrogens (tertiary/aromatic N) is 3. The number of halogens is 3. The first-order valence-electron chi connectivity index (χ1n) is 14.8. The first kappa shape index (κ1) is 29.1. The molecule has 0 radical (unpaired) electrons. The average molecular weight is 616 g/mol. The van der Waals surface area contributed by atoms with Gasteiger partial charge in [-0.1, -0.05) is 48.5 Å². The van der Waals surface area contributed by atoms with Gasteiger partial charge in [-0.15, -0.1) is 0 Å². The van der Waals surface area contributed by atoms with Gasteiger partial charge in [-0.25, -0.2) is 9.37 Å². The van der Waals surface area contributed by atoms with Crippen LogP contribution in [0, 0.1) is 11.8 Å². The van der Waals surface area contributed by atoms with E-state index in [0.717, 1.165) is 61.8 Å². The van der Waals surface area contributed by atoms with Gasteiger partial charge in [0.1, 0.15) is 0 Å². The predicted octanol–water partition coefficient (Wildman–Crippen LogP) is 6.51. The molecule has 1 saturated heterocycles. The molecule has 3 aromatic rings. The van der Waals surface area contributed by atoms with E-state index in [-0.39, 0.29) is 18.5 Å². The minimum Gasteiger partial charge on any atom is -0.370 e. The largest absolute Gasteiger partial charge is 0.370 e. The first-order chi connectivity index (χ1) is 20.0. The summed E-state index contributed by atoms with van der Waals surface area (Å²) in [5.74, 6) is 1.16. The standard InChI is InChI=1S/C31H37Cl2FN6O2/c1-31(2,34)29(42)35-14-17-9-10-22(32)27(26(17)33)38-30-37-23-12-21(28(41)36-20-7-5-4-6-8-20)24(13-25(23)39(30)3)40-15-18-11-19(18)16-40/h9-10,12-13,18-20H,4-8,11,14-16H2,1-3H3,(H,35,42)(H,36,41)(H,37,38). The lowest BCUT2D eigenvalue weighted by molar-refractivity contribution is -0.130. The normalized spacial score (nSPS) is 20.5. The lowest BCUT2D eigenvalue weighted by Gasteiger charge is -2.26. The van der Waals surface area contributed by atoms with Crippen LogP contribution in [0.3, 0.4) is 0 Å². The van der Waals surface area contributed by atoms with Crippen LogP contribution in [0.2, 0.25) is 10.0 Å². The van der Waals surface area contributed by atoms with Gasteiger partial charge < -0.3 is 25.4 Å². The van der Waals surface area contributed by atoms with Crippen LogP contribution in [-0.2, 0) is 18.4 Å². The molecule has 11 heteroatoms. The van der Waals surface area contributed by atoms with Gasteiger partial charge in [-0.3, -0.25) is 9.59 Å². The molecule has 42 heavy (non-hydrogen) atoms. The number of hydrogen-bond donors (Lipinski definition) is 3. The zero-order valence-corrected chi connectivity index (χ0v) is 25.7. The number of hydrogen-bond acceptors (Lipinski definition) is 5. The van der Waals surface area contributed by atoms with Crippen molar-refractivity contribution in [3.05, 3.63) is 45.4 Å². The number of benzene rings is 2. The summed E-state index contributed by atoms with van der Waals surface area (Å²) in [7, 11) is 1.90. The minimum atomic E-state index is -2.01. The van der Waals surface area contributed by atoms with Crippen molar-refractivity contribution in [3.8, 4) is 0 Å². The van der Waals surface area contributed by atoms with Crippen LogP contribution in [0.5, 0.6) is 0 Å². The summed E-state index contributed by atoms with van der Waals surface area (Å²) in [6, 6.07) is 7.54. The van der Waals surface area contributed by atoms with Crippen LogP contribution in [0.4, 0.5) is 21.7 Å². The fraction of sp³-hybridized carbons (Fsp3) is 0.516. The Kier molecular flexibility index (Phi) is 7.77. The van der Waals surface area contributed by atoms with Gasteiger partial charge in [0.15, 0.2) is 5.67 Å².